The first-order valence-corrected chi connectivity index (χ1v) is 7.93. The highest BCUT2D eigenvalue weighted by molar-refractivity contribution is 5.88. The monoisotopic (exact) mass is 386 g/mol. The van der Waals surface area contributed by atoms with Gasteiger partial charge >= 0.3 is 11.9 Å². The van der Waals surface area contributed by atoms with Crippen LogP contribution in [0.5, 0.6) is 11.5 Å². The predicted octanol–water partition coefficient (Wildman–Crippen LogP) is 4.69. The summed E-state index contributed by atoms with van der Waals surface area (Å²) in [4.78, 5) is 22.3. The van der Waals surface area contributed by atoms with Crippen molar-refractivity contribution in [2.24, 2.45) is 0 Å². The molecule has 0 spiro atoms. The van der Waals surface area contributed by atoms with Crippen LogP contribution in [0.15, 0.2) is 73.7 Å². The number of rotatable bonds is 7. The van der Waals surface area contributed by atoms with Gasteiger partial charge in [-0.25, -0.2) is 18.4 Å². The zero-order valence-corrected chi connectivity index (χ0v) is 14.9. The Morgan fingerprint density at radius 1 is 0.964 bits per heavy atom. The third kappa shape index (κ3) is 5.38. The molecular formula is C21H16F2O5. The van der Waals surface area contributed by atoms with Crippen LogP contribution >= 0.6 is 0 Å². The summed E-state index contributed by atoms with van der Waals surface area (Å²) in [6.45, 7) is 8.08. The van der Waals surface area contributed by atoms with Gasteiger partial charge in [0, 0.05) is 11.6 Å². The van der Waals surface area contributed by atoms with Gasteiger partial charge in [0.1, 0.15) is 12.5 Å². The molecule has 0 N–H and O–H groups in total. The second-order valence-electron chi connectivity index (χ2n) is 5.49. The van der Waals surface area contributed by atoms with Gasteiger partial charge in [-0.2, -0.15) is 0 Å². The maximum Gasteiger partial charge on any atom is 0.338 e. The molecule has 2 aromatic carbocycles. The topological polar surface area (TPSA) is 61.8 Å². The van der Waals surface area contributed by atoms with Crippen molar-refractivity contribution in [3.05, 3.63) is 85.4 Å². The van der Waals surface area contributed by atoms with Gasteiger partial charge in [-0.1, -0.05) is 25.3 Å². The fourth-order valence-electron chi connectivity index (χ4n) is 1.97. The molecule has 0 aliphatic rings. The maximum absolute atomic E-state index is 14.2. The third-order valence-corrected chi connectivity index (χ3v) is 3.35. The molecule has 0 heterocycles. The van der Waals surface area contributed by atoms with Crippen LogP contribution < -0.4 is 9.47 Å². The van der Waals surface area contributed by atoms with E-state index in [9.17, 15) is 18.4 Å². The maximum atomic E-state index is 14.2. The van der Waals surface area contributed by atoms with Gasteiger partial charge < -0.3 is 14.2 Å². The molecule has 0 amide bonds. The van der Waals surface area contributed by atoms with Crippen LogP contribution in [0, 0.1) is 11.6 Å². The van der Waals surface area contributed by atoms with E-state index >= 15 is 0 Å². The molecule has 2 rings (SSSR count). The summed E-state index contributed by atoms with van der Waals surface area (Å²) in [6.07, 6.45) is 2.89. The molecule has 7 heteroatoms. The normalized spacial score (nSPS) is 10.4. The Kier molecular flexibility index (Phi) is 6.81. The Morgan fingerprint density at radius 2 is 1.54 bits per heavy atom. The van der Waals surface area contributed by atoms with Gasteiger partial charge in [-0.15, -0.1) is 0 Å². The largest absolute Gasteiger partial charge is 0.459 e. The molecule has 0 aromatic heterocycles. The second-order valence-corrected chi connectivity index (χ2v) is 5.49. The van der Waals surface area contributed by atoms with E-state index in [0.29, 0.717) is 11.1 Å². The molecule has 28 heavy (non-hydrogen) atoms. The number of benzene rings is 2. The lowest BCUT2D eigenvalue weighted by Crippen LogP contribution is -2.09. The van der Waals surface area contributed by atoms with E-state index in [2.05, 4.69) is 17.9 Å². The van der Waals surface area contributed by atoms with E-state index in [0.717, 1.165) is 30.7 Å². The molecule has 144 valence electrons. The highest BCUT2D eigenvalue weighted by Gasteiger charge is 2.12. The Balaban J connectivity index is 2.13. The van der Waals surface area contributed by atoms with Crippen LogP contribution in [0.25, 0.3) is 11.1 Å². The van der Waals surface area contributed by atoms with Crippen LogP contribution in [-0.2, 0) is 14.3 Å². The minimum Gasteiger partial charge on any atom is -0.459 e. The van der Waals surface area contributed by atoms with Crippen LogP contribution in [-0.4, -0.2) is 11.9 Å². The molecule has 0 aliphatic heterocycles. The van der Waals surface area contributed by atoms with E-state index in [4.69, 9.17) is 9.47 Å². The van der Waals surface area contributed by atoms with Crippen LogP contribution in [0.4, 0.5) is 8.78 Å². The lowest BCUT2D eigenvalue weighted by atomic mass is 10.0. The average Bonchev–Trinajstić information content (AvgIpc) is 2.67. The fraction of sp³-hybridized carbons (Fsp3) is 0.0476. The summed E-state index contributed by atoms with van der Waals surface area (Å²) in [5, 5.41) is 0. The summed E-state index contributed by atoms with van der Waals surface area (Å²) < 4.78 is 42.8. The Morgan fingerprint density at radius 3 is 2.04 bits per heavy atom. The molecule has 0 radical (unpaired) electrons. The molecule has 5 nitrogen and oxygen atoms in total. The zero-order chi connectivity index (χ0) is 20.7. The number of hydrogen-bond acceptors (Lipinski definition) is 5. The molecule has 0 atom stereocenters. The van der Waals surface area contributed by atoms with E-state index in [1.807, 2.05) is 0 Å². The van der Waals surface area contributed by atoms with E-state index < -0.39 is 23.6 Å². The second kappa shape index (κ2) is 9.27. The Hall–Kier alpha value is -3.74. The van der Waals surface area contributed by atoms with Crippen molar-refractivity contribution in [1.29, 1.82) is 0 Å². The number of carbonyl (C=O) groups excluding carboxylic acids is 2. The van der Waals surface area contributed by atoms with Crippen molar-refractivity contribution in [3.8, 4) is 22.6 Å². The first-order chi connectivity index (χ1) is 13.3. The predicted molar refractivity (Wildman–Crippen MR) is 98.3 cm³/mol. The quantitative estimate of drug-likeness (QED) is 0.299. The molecule has 2 aromatic rings. The van der Waals surface area contributed by atoms with E-state index in [-0.39, 0.29) is 17.1 Å². The molecule has 0 saturated heterocycles. The molecule has 0 bridgehead atoms. The van der Waals surface area contributed by atoms with Crippen LogP contribution in [0.1, 0.15) is 6.92 Å². The zero-order valence-electron chi connectivity index (χ0n) is 14.9. The minimum atomic E-state index is -0.778. The van der Waals surface area contributed by atoms with E-state index in [1.54, 1.807) is 0 Å². The number of esters is 2. The number of hydrogen-bond donors (Lipinski definition) is 0. The fourth-order valence-corrected chi connectivity index (χ4v) is 1.97. The van der Waals surface area contributed by atoms with Gasteiger partial charge in [0.2, 0.25) is 0 Å². The summed E-state index contributed by atoms with van der Waals surface area (Å²) in [5.41, 5.74) is 0.881. The first-order valence-electron chi connectivity index (χ1n) is 7.93. The minimum absolute atomic E-state index is 0.123. The van der Waals surface area contributed by atoms with Crippen LogP contribution in [0.3, 0.4) is 0 Å². The summed E-state index contributed by atoms with van der Waals surface area (Å²) in [5.74, 6) is -3.30. The first kappa shape index (κ1) is 20.6. The van der Waals surface area contributed by atoms with E-state index in [1.165, 1.54) is 31.2 Å². The van der Waals surface area contributed by atoms with Crippen molar-refractivity contribution in [2.45, 2.75) is 6.92 Å². The molecule has 0 fully saturated rings. The van der Waals surface area contributed by atoms with Crippen molar-refractivity contribution in [3.63, 3.8) is 0 Å². The van der Waals surface area contributed by atoms with Gasteiger partial charge in [0.15, 0.2) is 23.1 Å². The molecule has 0 saturated carbocycles. The summed E-state index contributed by atoms with van der Waals surface area (Å²) >= 11 is 0. The number of halogens is 2. The highest BCUT2D eigenvalue weighted by Crippen LogP contribution is 2.29. The Bertz CT molecular complexity index is 963. The number of ether oxygens (including phenoxy) is 3. The van der Waals surface area contributed by atoms with Gasteiger partial charge in [-0.05, 0) is 42.3 Å². The van der Waals surface area contributed by atoms with Crippen molar-refractivity contribution in [2.75, 3.05) is 0 Å². The molecular weight excluding hydrogens is 370 g/mol. The SMILES string of the molecule is C=CC(=O)O/C=C\Oc1ccc(-c2ccc(OC(=O)C(=C)C)c(F)c2)cc1F. The van der Waals surface area contributed by atoms with Crippen molar-refractivity contribution >= 4 is 11.9 Å². The van der Waals surface area contributed by atoms with Gasteiger partial charge in [-0.3, -0.25) is 0 Å². The summed E-state index contributed by atoms with van der Waals surface area (Å²) in [7, 11) is 0. The van der Waals surface area contributed by atoms with Crippen molar-refractivity contribution in [1.82, 2.24) is 0 Å². The van der Waals surface area contributed by atoms with Gasteiger partial charge in [0.05, 0.1) is 0 Å². The highest BCUT2D eigenvalue weighted by atomic mass is 19.1. The third-order valence-electron chi connectivity index (χ3n) is 3.35. The standard InChI is InChI=1S/C21H16F2O5/c1-4-20(24)27-10-9-26-18-7-5-14(11-16(18)22)15-6-8-19(17(23)12-15)28-21(25)13(2)3/h4-12H,1-2H2,3H3/b10-9-. The summed E-state index contributed by atoms with van der Waals surface area (Å²) in [6, 6.07) is 7.85. The number of carbonyl (C=O) groups is 2. The smallest absolute Gasteiger partial charge is 0.338 e. The lowest BCUT2D eigenvalue weighted by molar-refractivity contribution is -0.132. The molecule has 0 aliphatic carbocycles. The average molecular weight is 386 g/mol. The van der Waals surface area contributed by atoms with Crippen molar-refractivity contribution < 1.29 is 32.6 Å². The Labute approximate surface area is 160 Å². The van der Waals surface area contributed by atoms with Gasteiger partial charge in [0.25, 0.3) is 0 Å². The lowest BCUT2D eigenvalue weighted by Gasteiger charge is -2.09. The van der Waals surface area contributed by atoms with Crippen LogP contribution in [0.2, 0.25) is 0 Å². The molecule has 0 unspecified atom stereocenters.